The lowest BCUT2D eigenvalue weighted by Gasteiger charge is -2.16. The average molecular weight is 263 g/mol. The highest BCUT2D eigenvalue weighted by Gasteiger charge is 2.29. The van der Waals surface area contributed by atoms with Gasteiger partial charge in [0.15, 0.2) is 11.2 Å². The van der Waals surface area contributed by atoms with Crippen molar-refractivity contribution < 1.29 is 10.2 Å². The van der Waals surface area contributed by atoms with Crippen LogP contribution in [0.2, 0.25) is 0 Å². The number of nitrogens with zero attached hydrogens (tertiary/aromatic N) is 3. The zero-order chi connectivity index (χ0) is 13.6. The Morgan fingerprint density at radius 1 is 1.58 bits per heavy atom. The van der Waals surface area contributed by atoms with Crippen LogP contribution in [0.1, 0.15) is 12.5 Å². The largest absolute Gasteiger partial charge is 0.392 e. The highest BCUT2D eigenvalue weighted by molar-refractivity contribution is 5.70. The second-order valence-corrected chi connectivity index (χ2v) is 4.52. The smallest absolute Gasteiger partial charge is 0.280 e. The number of rotatable bonds is 2. The van der Waals surface area contributed by atoms with Crippen LogP contribution in [0.3, 0.4) is 0 Å². The van der Waals surface area contributed by atoms with Crippen molar-refractivity contribution in [2.75, 3.05) is 12.3 Å². The maximum Gasteiger partial charge on any atom is 0.280 e. The first-order chi connectivity index (χ1) is 9.10. The highest BCUT2D eigenvalue weighted by atomic mass is 16.3. The lowest BCUT2D eigenvalue weighted by Crippen LogP contribution is -2.19. The second-order valence-electron chi connectivity index (χ2n) is 4.52. The Kier molecular flexibility index (Phi) is 2.61. The number of aliphatic hydroxyl groups excluding tert-OH is 2. The molecule has 1 aliphatic carbocycles. The number of aromatic nitrogens is 4. The van der Waals surface area contributed by atoms with Gasteiger partial charge in [0.25, 0.3) is 5.56 Å². The molecule has 3 rings (SSSR count). The van der Waals surface area contributed by atoms with Crippen LogP contribution in [-0.2, 0) is 0 Å². The zero-order valence-corrected chi connectivity index (χ0v) is 9.95. The molecule has 19 heavy (non-hydrogen) atoms. The highest BCUT2D eigenvalue weighted by Crippen LogP contribution is 2.31. The number of imidazole rings is 1. The van der Waals surface area contributed by atoms with E-state index in [1.54, 1.807) is 10.6 Å². The summed E-state index contributed by atoms with van der Waals surface area (Å²) in [5, 5.41) is 19.1. The molecular formula is C11H13N5O3. The van der Waals surface area contributed by atoms with Crippen LogP contribution in [0, 0.1) is 0 Å². The Labute approximate surface area is 107 Å². The fourth-order valence-electron chi connectivity index (χ4n) is 2.38. The summed E-state index contributed by atoms with van der Waals surface area (Å²) in [6.07, 6.45) is 2.79. The van der Waals surface area contributed by atoms with Gasteiger partial charge >= 0.3 is 0 Å². The lowest BCUT2D eigenvalue weighted by molar-refractivity contribution is 0.169. The quantitative estimate of drug-likeness (QED) is 0.510. The minimum Gasteiger partial charge on any atom is -0.392 e. The van der Waals surface area contributed by atoms with Gasteiger partial charge in [-0.15, -0.1) is 0 Å². The Hall–Kier alpha value is -2.19. The molecule has 0 radical (unpaired) electrons. The molecule has 1 aliphatic rings. The summed E-state index contributed by atoms with van der Waals surface area (Å²) in [7, 11) is 0. The van der Waals surface area contributed by atoms with Crippen molar-refractivity contribution in [3.8, 4) is 0 Å². The number of hydrogen-bond acceptors (Lipinski definition) is 6. The molecule has 2 aromatic rings. The number of aliphatic hydroxyl groups is 2. The van der Waals surface area contributed by atoms with Crippen molar-refractivity contribution in [3.05, 3.63) is 28.3 Å². The molecule has 0 aromatic carbocycles. The lowest BCUT2D eigenvalue weighted by atomic mass is 10.1. The minimum atomic E-state index is -0.748. The molecule has 0 saturated heterocycles. The van der Waals surface area contributed by atoms with E-state index in [4.69, 9.17) is 10.8 Å². The Bertz CT molecular complexity index is 717. The normalized spacial score (nSPS) is 22.9. The van der Waals surface area contributed by atoms with E-state index in [9.17, 15) is 9.90 Å². The van der Waals surface area contributed by atoms with Crippen molar-refractivity contribution in [1.82, 2.24) is 19.5 Å². The number of H-pyrrole nitrogens is 1. The maximum atomic E-state index is 11.7. The standard InChI is InChI=1S/C11H13N5O3/c12-11-14-9-8(10(19)15-11)13-4-16(9)6-1-5(3-17)2-7(6)18/h2,4,6-7,17-18H,1,3H2,(H3,12,14,15,19)/t6-,7-/m1/s1. The van der Waals surface area contributed by atoms with Crippen molar-refractivity contribution in [1.29, 1.82) is 0 Å². The van der Waals surface area contributed by atoms with E-state index in [1.165, 1.54) is 6.33 Å². The van der Waals surface area contributed by atoms with Gasteiger partial charge in [-0.25, -0.2) is 4.98 Å². The van der Waals surface area contributed by atoms with Gasteiger partial charge in [-0.2, -0.15) is 4.98 Å². The molecule has 0 saturated carbocycles. The van der Waals surface area contributed by atoms with Gasteiger partial charge < -0.3 is 20.5 Å². The summed E-state index contributed by atoms with van der Waals surface area (Å²) in [6, 6.07) is -0.333. The van der Waals surface area contributed by atoms with E-state index in [0.29, 0.717) is 12.1 Å². The van der Waals surface area contributed by atoms with Crippen LogP contribution < -0.4 is 11.3 Å². The van der Waals surface area contributed by atoms with Crippen LogP contribution in [0.5, 0.6) is 0 Å². The van der Waals surface area contributed by atoms with Gasteiger partial charge in [-0.05, 0) is 12.0 Å². The fourth-order valence-corrected chi connectivity index (χ4v) is 2.38. The fraction of sp³-hybridized carbons (Fsp3) is 0.364. The van der Waals surface area contributed by atoms with Crippen LogP contribution >= 0.6 is 0 Å². The number of fused-ring (bicyclic) bond motifs is 1. The van der Waals surface area contributed by atoms with Crippen LogP contribution in [0.15, 0.2) is 22.8 Å². The van der Waals surface area contributed by atoms with Crippen LogP contribution in [0.4, 0.5) is 5.95 Å². The van der Waals surface area contributed by atoms with Crippen LogP contribution in [0.25, 0.3) is 11.2 Å². The third-order valence-corrected chi connectivity index (χ3v) is 3.28. The van der Waals surface area contributed by atoms with E-state index >= 15 is 0 Å². The summed E-state index contributed by atoms with van der Waals surface area (Å²) in [4.78, 5) is 22.1. The third-order valence-electron chi connectivity index (χ3n) is 3.28. The van der Waals surface area contributed by atoms with Crippen molar-refractivity contribution in [2.24, 2.45) is 0 Å². The van der Waals surface area contributed by atoms with Crippen molar-refractivity contribution in [3.63, 3.8) is 0 Å². The molecule has 0 spiro atoms. The van der Waals surface area contributed by atoms with E-state index in [2.05, 4.69) is 15.0 Å². The second kappa shape index (κ2) is 4.18. The monoisotopic (exact) mass is 263 g/mol. The topological polar surface area (TPSA) is 130 Å². The van der Waals surface area contributed by atoms with E-state index < -0.39 is 11.7 Å². The first kappa shape index (κ1) is 11.9. The molecule has 2 aromatic heterocycles. The summed E-state index contributed by atoms with van der Waals surface area (Å²) in [5.41, 5.74) is 6.36. The zero-order valence-electron chi connectivity index (χ0n) is 9.95. The van der Waals surface area contributed by atoms with Crippen molar-refractivity contribution in [2.45, 2.75) is 18.6 Å². The van der Waals surface area contributed by atoms with Crippen LogP contribution in [-0.4, -0.2) is 42.4 Å². The molecule has 0 bridgehead atoms. The van der Waals surface area contributed by atoms with Gasteiger partial charge in [0.1, 0.15) is 0 Å². The predicted octanol–water partition coefficient (Wildman–Crippen LogP) is -1.07. The number of nitrogens with one attached hydrogen (secondary N) is 1. The summed E-state index contributed by atoms with van der Waals surface area (Å²) >= 11 is 0. The summed E-state index contributed by atoms with van der Waals surface area (Å²) < 4.78 is 1.62. The molecule has 0 amide bonds. The van der Waals surface area contributed by atoms with Gasteiger partial charge in [0.05, 0.1) is 25.1 Å². The molecule has 0 unspecified atom stereocenters. The third kappa shape index (κ3) is 1.81. The minimum absolute atomic E-state index is 0.00192. The number of anilines is 1. The van der Waals surface area contributed by atoms with E-state index in [1.807, 2.05) is 0 Å². The van der Waals surface area contributed by atoms with Gasteiger partial charge in [0, 0.05) is 0 Å². The Balaban J connectivity index is 2.10. The molecule has 0 fully saturated rings. The van der Waals surface area contributed by atoms with Crippen molar-refractivity contribution >= 4 is 17.1 Å². The van der Waals surface area contributed by atoms with Gasteiger partial charge in [-0.3, -0.25) is 9.78 Å². The summed E-state index contributed by atoms with van der Waals surface area (Å²) in [6.45, 7) is -0.101. The van der Waals surface area contributed by atoms with E-state index in [0.717, 1.165) is 5.57 Å². The molecule has 5 N–H and O–H groups in total. The predicted molar refractivity (Wildman–Crippen MR) is 67.4 cm³/mol. The molecule has 2 heterocycles. The number of nitrogens with two attached hydrogens (primary N) is 1. The average Bonchev–Trinajstić information content (AvgIpc) is 2.92. The van der Waals surface area contributed by atoms with E-state index in [-0.39, 0.29) is 24.1 Å². The molecule has 2 atom stereocenters. The molecule has 8 heteroatoms. The first-order valence-electron chi connectivity index (χ1n) is 5.81. The van der Waals surface area contributed by atoms with Gasteiger partial charge in [-0.1, -0.05) is 6.08 Å². The number of nitrogen functional groups attached to an aromatic ring is 1. The Morgan fingerprint density at radius 3 is 3.05 bits per heavy atom. The number of aromatic amines is 1. The maximum absolute atomic E-state index is 11.7. The Morgan fingerprint density at radius 2 is 2.37 bits per heavy atom. The first-order valence-corrected chi connectivity index (χ1v) is 5.81. The molecule has 100 valence electrons. The van der Waals surface area contributed by atoms with Gasteiger partial charge in [0.2, 0.25) is 5.95 Å². The molecular weight excluding hydrogens is 250 g/mol. The molecule has 0 aliphatic heterocycles. The SMILES string of the molecule is Nc1nc2c(ncn2[C@@H]2CC(CO)=C[C@H]2O)c(=O)[nH]1. The summed E-state index contributed by atoms with van der Waals surface area (Å²) in [5.74, 6) is 0.00192. The number of hydrogen-bond donors (Lipinski definition) is 4. The molecule has 8 nitrogen and oxygen atoms in total.